The molecule has 0 aromatic heterocycles. The molecule has 1 saturated heterocycles. The molecule has 0 radical (unpaired) electrons. The molecule has 3 unspecified atom stereocenters. The van der Waals surface area contributed by atoms with Gasteiger partial charge in [0, 0.05) is 12.6 Å². The van der Waals surface area contributed by atoms with Crippen LogP contribution in [0.1, 0.15) is 59.3 Å². The summed E-state index contributed by atoms with van der Waals surface area (Å²) in [6.45, 7) is 9.17. The molecule has 0 amide bonds. The summed E-state index contributed by atoms with van der Waals surface area (Å²) in [6, 6.07) is 0.431. The highest BCUT2D eigenvalue weighted by molar-refractivity contribution is 4.95. The smallest absolute Gasteiger partial charge is 0.0746 e. The molecule has 2 aliphatic rings. The van der Waals surface area contributed by atoms with Gasteiger partial charge in [-0.2, -0.15) is 0 Å². The van der Waals surface area contributed by atoms with E-state index in [4.69, 9.17) is 0 Å². The van der Waals surface area contributed by atoms with Crippen LogP contribution in [0.15, 0.2) is 0 Å². The van der Waals surface area contributed by atoms with Crippen LogP contribution in [0.3, 0.4) is 0 Å². The van der Waals surface area contributed by atoms with Crippen LogP contribution in [-0.2, 0) is 0 Å². The van der Waals surface area contributed by atoms with Gasteiger partial charge in [0.15, 0.2) is 0 Å². The Kier molecular flexibility index (Phi) is 4.14. The van der Waals surface area contributed by atoms with E-state index in [2.05, 4.69) is 25.7 Å². The molecule has 3 atom stereocenters. The van der Waals surface area contributed by atoms with Gasteiger partial charge in [-0.1, -0.05) is 33.6 Å². The number of aliphatic hydroxyl groups excluding tert-OH is 1. The van der Waals surface area contributed by atoms with Crippen molar-refractivity contribution in [2.75, 3.05) is 13.1 Å². The molecule has 1 saturated carbocycles. The van der Waals surface area contributed by atoms with Gasteiger partial charge >= 0.3 is 0 Å². The van der Waals surface area contributed by atoms with E-state index in [9.17, 15) is 5.11 Å². The minimum Gasteiger partial charge on any atom is -0.391 e. The summed E-state index contributed by atoms with van der Waals surface area (Å²) in [5, 5.41) is 10.5. The van der Waals surface area contributed by atoms with E-state index in [1.807, 2.05) is 0 Å². The van der Waals surface area contributed by atoms with Gasteiger partial charge in [-0.05, 0) is 43.6 Å². The van der Waals surface area contributed by atoms with Crippen LogP contribution in [0.5, 0.6) is 0 Å². The predicted octanol–water partition coefficient (Wildman–Crippen LogP) is 3.05. The van der Waals surface area contributed by atoms with E-state index in [0.717, 1.165) is 5.92 Å². The number of hydrogen-bond acceptors (Lipinski definition) is 2. The minimum atomic E-state index is -0.128. The summed E-state index contributed by atoms with van der Waals surface area (Å²) >= 11 is 0. The van der Waals surface area contributed by atoms with Gasteiger partial charge in [-0.15, -0.1) is 0 Å². The summed E-state index contributed by atoms with van der Waals surface area (Å²) in [4.78, 5) is 2.58. The fourth-order valence-corrected chi connectivity index (χ4v) is 3.78. The fraction of sp³-hybridized carbons (Fsp3) is 1.00. The normalized spacial score (nSPS) is 38.5. The zero-order valence-corrected chi connectivity index (χ0v) is 11.8. The zero-order chi connectivity index (χ0) is 12.5. The number of aliphatic hydroxyl groups is 1. The maximum atomic E-state index is 10.5. The predicted molar refractivity (Wildman–Crippen MR) is 72.0 cm³/mol. The quantitative estimate of drug-likeness (QED) is 0.818. The number of hydrogen-bond donors (Lipinski definition) is 1. The zero-order valence-electron chi connectivity index (χ0n) is 11.8. The monoisotopic (exact) mass is 239 g/mol. The molecule has 0 aromatic rings. The topological polar surface area (TPSA) is 23.5 Å². The highest BCUT2D eigenvalue weighted by atomic mass is 16.3. The van der Waals surface area contributed by atoms with Crippen molar-refractivity contribution < 1.29 is 5.11 Å². The van der Waals surface area contributed by atoms with Crippen molar-refractivity contribution in [3.05, 3.63) is 0 Å². The van der Waals surface area contributed by atoms with Crippen molar-refractivity contribution in [3.8, 4) is 0 Å². The molecule has 100 valence electrons. The van der Waals surface area contributed by atoms with Crippen LogP contribution in [0.4, 0.5) is 0 Å². The third-order valence-corrected chi connectivity index (χ3v) is 4.97. The molecule has 2 nitrogen and oxygen atoms in total. The van der Waals surface area contributed by atoms with Crippen LogP contribution in [-0.4, -0.2) is 35.2 Å². The second kappa shape index (κ2) is 5.27. The fourth-order valence-electron chi connectivity index (χ4n) is 3.78. The first-order chi connectivity index (χ1) is 8.04. The average molecular weight is 239 g/mol. The summed E-state index contributed by atoms with van der Waals surface area (Å²) in [7, 11) is 0. The largest absolute Gasteiger partial charge is 0.391 e. The van der Waals surface area contributed by atoms with Gasteiger partial charge in [0.25, 0.3) is 0 Å². The number of rotatable bonds is 3. The molecule has 1 N–H and O–H groups in total. The molecule has 0 aromatic carbocycles. The van der Waals surface area contributed by atoms with Crippen molar-refractivity contribution in [1.82, 2.24) is 4.90 Å². The summed E-state index contributed by atoms with van der Waals surface area (Å²) in [5.74, 6) is 0.886. The van der Waals surface area contributed by atoms with Crippen molar-refractivity contribution in [2.45, 2.75) is 71.4 Å². The lowest BCUT2D eigenvalue weighted by molar-refractivity contribution is -0.0520. The Bertz CT molecular complexity index is 251. The molecule has 17 heavy (non-hydrogen) atoms. The van der Waals surface area contributed by atoms with Crippen molar-refractivity contribution in [3.63, 3.8) is 0 Å². The second-order valence-corrected chi connectivity index (χ2v) is 6.83. The Morgan fingerprint density at radius 2 is 2.06 bits per heavy atom. The van der Waals surface area contributed by atoms with E-state index >= 15 is 0 Å². The van der Waals surface area contributed by atoms with E-state index in [0.29, 0.717) is 6.04 Å². The molecule has 0 spiro atoms. The van der Waals surface area contributed by atoms with Crippen molar-refractivity contribution in [2.24, 2.45) is 11.3 Å². The SMILES string of the molecule is CCCC1CCN(C2CCCC(C)(C)C2O)C1. The maximum Gasteiger partial charge on any atom is 0.0746 e. The van der Waals surface area contributed by atoms with Crippen LogP contribution in [0, 0.1) is 11.3 Å². The highest BCUT2D eigenvalue weighted by Crippen LogP contribution is 2.39. The molecule has 2 rings (SSSR count). The van der Waals surface area contributed by atoms with E-state index in [-0.39, 0.29) is 11.5 Å². The molecule has 1 heterocycles. The maximum absolute atomic E-state index is 10.5. The lowest BCUT2D eigenvalue weighted by Gasteiger charge is -2.44. The first kappa shape index (κ1) is 13.4. The van der Waals surface area contributed by atoms with Crippen LogP contribution < -0.4 is 0 Å². The minimum absolute atomic E-state index is 0.117. The van der Waals surface area contributed by atoms with Gasteiger partial charge in [0.1, 0.15) is 0 Å². The Labute approximate surface area is 106 Å². The third-order valence-electron chi connectivity index (χ3n) is 4.97. The first-order valence-electron chi connectivity index (χ1n) is 7.46. The van der Waals surface area contributed by atoms with Gasteiger partial charge in [0.2, 0.25) is 0 Å². The van der Waals surface area contributed by atoms with Crippen LogP contribution in [0.2, 0.25) is 0 Å². The number of likely N-dealkylation sites (tertiary alicyclic amines) is 1. The van der Waals surface area contributed by atoms with Crippen molar-refractivity contribution >= 4 is 0 Å². The standard InChI is InChI=1S/C15H29NO/c1-4-6-12-8-10-16(11-12)13-7-5-9-15(2,3)14(13)17/h12-14,17H,4-11H2,1-3H3. The molecule has 2 heteroatoms. The molecule has 0 bridgehead atoms. The molecular formula is C15H29NO. The summed E-state index contributed by atoms with van der Waals surface area (Å²) in [5.41, 5.74) is 0.117. The number of nitrogens with zero attached hydrogens (tertiary/aromatic N) is 1. The van der Waals surface area contributed by atoms with Crippen LogP contribution in [0.25, 0.3) is 0 Å². The van der Waals surface area contributed by atoms with Gasteiger partial charge < -0.3 is 5.11 Å². The molecular weight excluding hydrogens is 210 g/mol. The third kappa shape index (κ3) is 2.85. The Balaban J connectivity index is 1.94. The Hall–Kier alpha value is -0.0800. The van der Waals surface area contributed by atoms with E-state index < -0.39 is 0 Å². The average Bonchev–Trinajstić information content (AvgIpc) is 2.71. The van der Waals surface area contributed by atoms with Crippen molar-refractivity contribution in [1.29, 1.82) is 0 Å². The Morgan fingerprint density at radius 3 is 2.76 bits per heavy atom. The summed E-state index contributed by atoms with van der Waals surface area (Å²) < 4.78 is 0. The Morgan fingerprint density at radius 1 is 1.29 bits per heavy atom. The second-order valence-electron chi connectivity index (χ2n) is 6.83. The lowest BCUT2D eigenvalue weighted by Crippen LogP contribution is -2.51. The molecule has 1 aliphatic carbocycles. The van der Waals surface area contributed by atoms with Crippen LogP contribution >= 0.6 is 0 Å². The summed E-state index contributed by atoms with van der Waals surface area (Å²) in [6.07, 6.45) is 7.54. The molecule has 2 fully saturated rings. The van der Waals surface area contributed by atoms with Gasteiger partial charge in [0.05, 0.1) is 6.10 Å². The van der Waals surface area contributed by atoms with Gasteiger partial charge in [-0.25, -0.2) is 0 Å². The van der Waals surface area contributed by atoms with Gasteiger partial charge in [-0.3, -0.25) is 4.90 Å². The highest BCUT2D eigenvalue weighted by Gasteiger charge is 2.41. The lowest BCUT2D eigenvalue weighted by atomic mass is 9.72. The van der Waals surface area contributed by atoms with E-state index in [1.54, 1.807) is 0 Å². The van der Waals surface area contributed by atoms with E-state index in [1.165, 1.54) is 51.6 Å². The molecule has 1 aliphatic heterocycles. The first-order valence-corrected chi connectivity index (χ1v) is 7.46.